The molecular formula is C17H27O6P. The summed E-state index contributed by atoms with van der Waals surface area (Å²) < 4.78 is 22.6. The van der Waals surface area contributed by atoms with Gasteiger partial charge in [0.1, 0.15) is 11.3 Å². The van der Waals surface area contributed by atoms with E-state index < -0.39 is 25.8 Å². The maximum Gasteiger partial charge on any atom is 0.339 e. The van der Waals surface area contributed by atoms with E-state index in [-0.39, 0.29) is 18.1 Å². The van der Waals surface area contributed by atoms with Gasteiger partial charge in [0.25, 0.3) is 0 Å². The van der Waals surface area contributed by atoms with Crippen LogP contribution in [0.5, 0.6) is 5.75 Å². The quantitative estimate of drug-likeness (QED) is 0.552. The van der Waals surface area contributed by atoms with Crippen LogP contribution in [0.2, 0.25) is 0 Å². The molecule has 1 aromatic rings. The van der Waals surface area contributed by atoms with Gasteiger partial charge in [-0.1, -0.05) is 12.1 Å². The number of rotatable bonds is 7. The van der Waals surface area contributed by atoms with Crippen molar-refractivity contribution in [2.24, 2.45) is 0 Å². The van der Waals surface area contributed by atoms with Gasteiger partial charge in [-0.3, -0.25) is 4.52 Å². The van der Waals surface area contributed by atoms with Crippen molar-refractivity contribution in [1.82, 2.24) is 0 Å². The highest BCUT2D eigenvalue weighted by molar-refractivity contribution is 7.41. The monoisotopic (exact) mass is 358 g/mol. The number of ether oxygens (including phenoxy) is 1. The van der Waals surface area contributed by atoms with Crippen LogP contribution in [-0.4, -0.2) is 29.1 Å². The third-order valence-corrected chi connectivity index (χ3v) is 4.23. The molecule has 0 saturated heterocycles. The molecule has 24 heavy (non-hydrogen) atoms. The summed E-state index contributed by atoms with van der Waals surface area (Å²) in [7, 11) is -1.64. The summed E-state index contributed by atoms with van der Waals surface area (Å²) in [5, 5.41) is 9.29. The molecule has 7 heteroatoms. The molecule has 0 aromatic heterocycles. The molecule has 1 rings (SSSR count). The average molecular weight is 358 g/mol. The van der Waals surface area contributed by atoms with E-state index in [1.54, 1.807) is 25.1 Å². The Balaban J connectivity index is 2.75. The molecule has 0 aliphatic carbocycles. The van der Waals surface area contributed by atoms with Crippen LogP contribution in [0.3, 0.4) is 0 Å². The Morgan fingerprint density at radius 1 is 1.08 bits per heavy atom. The van der Waals surface area contributed by atoms with E-state index in [1.807, 2.05) is 41.5 Å². The third kappa shape index (κ3) is 7.58. The Morgan fingerprint density at radius 3 is 2.08 bits per heavy atom. The predicted octanol–water partition coefficient (Wildman–Crippen LogP) is 4.90. The minimum Gasteiger partial charge on any atom is -0.478 e. The van der Waals surface area contributed by atoms with Crippen LogP contribution >= 0.6 is 8.60 Å². The lowest BCUT2D eigenvalue weighted by Crippen LogP contribution is -2.23. The number of benzene rings is 1. The summed E-state index contributed by atoms with van der Waals surface area (Å²) in [4.78, 5) is 11.3. The van der Waals surface area contributed by atoms with Gasteiger partial charge in [0.2, 0.25) is 0 Å². The van der Waals surface area contributed by atoms with Crippen LogP contribution in [0.4, 0.5) is 0 Å². The van der Waals surface area contributed by atoms with E-state index in [0.29, 0.717) is 5.56 Å². The molecule has 0 amide bonds. The van der Waals surface area contributed by atoms with Crippen molar-refractivity contribution in [3.63, 3.8) is 0 Å². The van der Waals surface area contributed by atoms with Crippen LogP contribution in [0.25, 0.3) is 0 Å². The molecular weight excluding hydrogens is 331 g/mol. The predicted molar refractivity (Wildman–Crippen MR) is 93.3 cm³/mol. The lowest BCUT2D eigenvalue weighted by molar-refractivity contribution is 0.00835. The molecule has 6 nitrogen and oxygen atoms in total. The number of hydrogen-bond acceptors (Lipinski definition) is 5. The van der Waals surface area contributed by atoms with Crippen molar-refractivity contribution in [2.45, 2.75) is 59.7 Å². The Bertz CT molecular complexity index is 543. The second-order valence-corrected chi connectivity index (χ2v) is 8.35. The first-order valence-corrected chi connectivity index (χ1v) is 8.75. The second-order valence-electron chi connectivity index (χ2n) is 7.28. The fourth-order valence-corrected chi connectivity index (χ4v) is 2.86. The van der Waals surface area contributed by atoms with Gasteiger partial charge in [0.05, 0.1) is 11.2 Å². The van der Waals surface area contributed by atoms with Gasteiger partial charge in [-0.25, -0.2) is 4.79 Å². The van der Waals surface area contributed by atoms with E-state index in [4.69, 9.17) is 18.3 Å². The van der Waals surface area contributed by atoms with Crippen molar-refractivity contribution in [2.75, 3.05) is 6.79 Å². The van der Waals surface area contributed by atoms with Gasteiger partial charge in [0.15, 0.2) is 6.79 Å². The maximum atomic E-state index is 11.3. The summed E-state index contributed by atoms with van der Waals surface area (Å²) in [5.41, 5.74) is -0.128. The first-order chi connectivity index (χ1) is 10.9. The number of aromatic carboxylic acids is 1. The topological polar surface area (TPSA) is 74.2 Å². The fraction of sp³-hybridized carbons (Fsp3) is 0.588. The first-order valence-electron chi connectivity index (χ1n) is 7.66. The van der Waals surface area contributed by atoms with Gasteiger partial charge in [0, 0.05) is 0 Å². The third-order valence-electron chi connectivity index (χ3n) is 2.52. The van der Waals surface area contributed by atoms with Gasteiger partial charge >= 0.3 is 14.6 Å². The molecule has 0 aliphatic heterocycles. The van der Waals surface area contributed by atoms with Crippen molar-refractivity contribution >= 4 is 14.6 Å². The van der Waals surface area contributed by atoms with Gasteiger partial charge in [-0.05, 0) is 60.1 Å². The number of hydrogen-bond donors (Lipinski definition) is 1. The molecule has 0 fully saturated rings. The standard InChI is InChI=1S/C17H27O6P/c1-12-9-8-10-13(14(12)15(18)19)20-11-21-24(22-16(2,3)4)23-17(5,6)7/h8-10H,11H2,1-7H3,(H,18,19). The van der Waals surface area contributed by atoms with Crippen molar-refractivity contribution in [1.29, 1.82) is 0 Å². The lowest BCUT2D eigenvalue weighted by Gasteiger charge is -2.30. The first kappa shape index (κ1) is 20.8. The summed E-state index contributed by atoms with van der Waals surface area (Å²) in [6.45, 7) is 13.0. The molecule has 0 heterocycles. The van der Waals surface area contributed by atoms with Crippen LogP contribution in [0.15, 0.2) is 18.2 Å². The average Bonchev–Trinajstić information content (AvgIpc) is 2.34. The van der Waals surface area contributed by atoms with Gasteiger partial charge in [-0.2, -0.15) is 0 Å². The molecule has 1 aromatic carbocycles. The van der Waals surface area contributed by atoms with Crippen LogP contribution in [-0.2, 0) is 13.6 Å². The Hall–Kier alpha value is -1.20. The second kappa shape index (κ2) is 8.26. The summed E-state index contributed by atoms with van der Waals surface area (Å²) >= 11 is 0. The molecule has 1 N–H and O–H groups in total. The van der Waals surface area contributed by atoms with Gasteiger partial charge < -0.3 is 18.9 Å². The maximum absolute atomic E-state index is 11.3. The largest absolute Gasteiger partial charge is 0.478 e. The van der Waals surface area contributed by atoms with Crippen molar-refractivity contribution in [3.8, 4) is 5.75 Å². The van der Waals surface area contributed by atoms with Crippen molar-refractivity contribution in [3.05, 3.63) is 29.3 Å². The van der Waals surface area contributed by atoms with Gasteiger partial charge in [-0.15, -0.1) is 0 Å². The van der Waals surface area contributed by atoms with Crippen molar-refractivity contribution < 1.29 is 28.2 Å². The fourth-order valence-electron chi connectivity index (χ4n) is 1.69. The molecule has 0 atom stereocenters. The Kier molecular flexibility index (Phi) is 7.17. The molecule has 0 spiro atoms. The highest BCUT2D eigenvalue weighted by Gasteiger charge is 2.27. The van der Waals surface area contributed by atoms with E-state index in [0.717, 1.165) is 0 Å². The number of carboxylic acids is 1. The molecule has 0 radical (unpaired) electrons. The molecule has 136 valence electrons. The molecule has 0 bridgehead atoms. The highest BCUT2D eigenvalue weighted by Crippen LogP contribution is 2.47. The van der Waals surface area contributed by atoms with E-state index in [2.05, 4.69) is 0 Å². The highest BCUT2D eigenvalue weighted by atomic mass is 31.2. The molecule has 0 saturated carbocycles. The zero-order chi connectivity index (χ0) is 18.5. The SMILES string of the molecule is Cc1cccc(OCOP(OC(C)(C)C)OC(C)(C)C)c1C(=O)O. The number of carbonyl (C=O) groups is 1. The smallest absolute Gasteiger partial charge is 0.339 e. The minimum absolute atomic E-state index is 0.124. The summed E-state index contributed by atoms with van der Waals surface area (Å²) in [5.74, 6) is -0.786. The zero-order valence-electron chi connectivity index (χ0n) is 15.4. The van der Waals surface area contributed by atoms with E-state index >= 15 is 0 Å². The molecule has 0 unspecified atom stereocenters. The molecule has 0 aliphatic rings. The Morgan fingerprint density at radius 2 is 1.62 bits per heavy atom. The number of aryl methyl sites for hydroxylation is 1. The summed E-state index contributed by atoms with van der Waals surface area (Å²) in [6, 6.07) is 5.05. The minimum atomic E-state index is -1.64. The zero-order valence-corrected chi connectivity index (χ0v) is 16.3. The summed E-state index contributed by atoms with van der Waals surface area (Å²) in [6.07, 6.45) is 0. The Labute approximate surface area is 145 Å². The van der Waals surface area contributed by atoms with E-state index in [9.17, 15) is 9.90 Å². The normalized spacial score (nSPS) is 12.5. The van der Waals surface area contributed by atoms with Crippen LogP contribution in [0.1, 0.15) is 57.5 Å². The van der Waals surface area contributed by atoms with E-state index in [1.165, 1.54) is 0 Å². The van der Waals surface area contributed by atoms with Crippen LogP contribution in [0, 0.1) is 6.92 Å². The van der Waals surface area contributed by atoms with Crippen LogP contribution < -0.4 is 4.74 Å². The number of carboxylic acid groups (broad SMARTS) is 1. The lowest BCUT2D eigenvalue weighted by atomic mass is 10.1.